The molecule has 0 fully saturated rings. The van der Waals surface area contributed by atoms with Crippen molar-refractivity contribution in [2.75, 3.05) is 0 Å². The topological polar surface area (TPSA) is 48.7 Å². The Labute approximate surface area is 131 Å². The SMILES string of the molecule is N#CC(NCc1cccs1)c1ccc(Cl)c2cccnc12. The van der Waals surface area contributed by atoms with Crippen molar-refractivity contribution in [1.29, 1.82) is 5.26 Å². The minimum atomic E-state index is -0.415. The third-order valence-electron chi connectivity index (χ3n) is 3.25. The summed E-state index contributed by atoms with van der Waals surface area (Å²) in [5.41, 5.74) is 1.63. The van der Waals surface area contributed by atoms with Crippen molar-refractivity contribution in [3.8, 4) is 6.07 Å². The lowest BCUT2D eigenvalue weighted by Gasteiger charge is -2.13. The molecule has 0 amide bonds. The van der Waals surface area contributed by atoms with Crippen molar-refractivity contribution < 1.29 is 0 Å². The number of rotatable bonds is 4. The highest BCUT2D eigenvalue weighted by molar-refractivity contribution is 7.09. The Morgan fingerprint density at radius 1 is 1.29 bits per heavy atom. The monoisotopic (exact) mass is 313 g/mol. The second-order valence-electron chi connectivity index (χ2n) is 4.56. The Morgan fingerprint density at radius 2 is 2.19 bits per heavy atom. The largest absolute Gasteiger partial charge is 0.293 e. The summed E-state index contributed by atoms with van der Waals surface area (Å²) < 4.78 is 0. The van der Waals surface area contributed by atoms with Crippen molar-refractivity contribution >= 4 is 33.8 Å². The number of halogens is 1. The number of hydrogen-bond donors (Lipinski definition) is 1. The Kier molecular flexibility index (Phi) is 4.16. The van der Waals surface area contributed by atoms with E-state index in [1.54, 1.807) is 17.5 Å². The van der Waals surface area contributed by atoms with E-state index in [1.807, 2.05) is 41.8 Å². The number of hydrogen-bond acceptors (Lipinski definition) is 4. The summed E-state index contributed by atoms with van der Waals surface area (Å²) in [7, 11) is 0. The Balaban J connectivity index is 1.94. The van der Waals surface area contributed by atoms with Gasteiger partial charge in [-0.1, -0.05) is 23.7 Å². The lowest BCUT2D eigenvalue weighted by Crippen LogP contribution is -2.19. The standard InChI is InChI=1S/C16H12ClN3S/c17-14-6-5-13(16-12(14)4-1-7-19-16)15(9-18)20-10-11-3-2-8-21-11/h1-8,15,20H,10H2. The maximum atomic E-state index is 9.47. The molecule has 1 atom stereocenters. The highest BCUT2D eigenvalue weighted by Crippen LogP contribution is 2.28. The summed E-state index contributed by atoms with van der Waals surface area (Å²) in [6.07, 6.45) is 1.72. The van der Waals surface area contributed by atoms with Crippen LogP contribution in [0.3, 0.4) is 0 Å². The zero-order chi connectivity index (χ0) is 14.7. The van der Waals surface area contributed by atoms with E-state index < -0.39 is 6.04 Å². The normalized spacial score (nSPS) is 12.2. The van der Waals surface area contributed by atoms with Gasteiger partial charge in [0.25, 0.3) is 0 Å². The molecule has 0 saturated heterocycles. The van der Waals surface area contributed by atoms with E-state index in [4.69, 9.17) is 11.6 Å². The quantitative estimate of drug-likeness (QED) is 0.781. The zero-order valence-corrected chi connectivity index (χ0v) is 12.7. The number of nitriles is 1. The Morgan fingerprint density at radius 3 is 2.95 bits per heavy atom. The summed E-state index contributed by atoms with van der Waals surface area (Å²) in [5, 5.41) is 16.3. The van der Waals surface area contributed by atoms with E-state index in [-0.39, 0.29) is 0 Å². The van der Waals surface area contributed by atoms with Crippen LogP contribution in [0.2, 0.25) is 5.02 Å². The molecule has 0 radical (unpaired) electrons. The maximum absolute atomic E-state index is 9.47. The molecule has 1 aromatic carbocycles. The van der Waals surface area contributed by atoms with Crippen molar-refractivity contribution in [3.05, 3.63) is 63.4 Å². The minimum absolute atomic E-state index is 0.415. The highest BCUT2D eigenvalue weighted by atomic mass is 35.5. The minimum Gasteiger partial charge on any atom is -0.293 e. The van der Waals surface area contributed by atoms with Crippen LogP contribution in [0, 0.1) is 11.3 Å². The van der Waals surface area contributed by atoms with Gasteiger partial charge in [-0.3, -0.25) is 10.3 Å². The van der Waals surface area contributed by atoms with Crippen LogP contribution in [-0.4, -0.2) is 4.98 Å². The molecular weight excluding hydrogens is 302 g/mol. The van der Waals surface area contributed by atoms with Gasteiger partial charge >= 0.3 is 0 Å². The molecule has 2 heterocycles. The number of nitrogens with one attached hydrogen (secondary N) is 1. The fraction of sp³-hybridized carbons (Fsp3) is 0.125. The molecule has 5 heteroatoms. The molecule has 3 rings (SSSR count). The molecule has 1 N–H and O–H groups in total. The molecule has 21 heavy (non-hydrogen) atoms. The molecular formula is C16H12ClN3S. The third-order valence-corrected chi connectivity index (χ3v) is 4.45. The van der Waals surface area contributed by atoms with Crippen LogP contribution in [0.4, 0.5) is 0 Å². The number of nitrogens with zero attached hydrogens (tertiary/aromatic N) is 2. The van der Waals surface area contributed by atoms with E-state index in [0.717, 1.165) is 16.5 Å². The lowest BCUT2D eigenvalue weighted by molar-refractivity contribution is 0.638. The van der Waals surface area contributed by atoms with Crippen molar-refractivity contribution in [3.63, 3.8) is 0 Å². The van der Waals surface area contributed by atoms with Crippen LogP contribution in [0.1, 0.15) is 16.5 Å². The van der Waals surface area contributed by atoms with E-state index >= 15 is 0 Å². The van der Waals surface area contributed by atoms with Gasteiger partial charge in [0.05, 0.1) is 11.6 Å². The highest BCUT2D eigenvalue weighted by Gasteiger charge is 2.15. The first-order chi connectivity index (χ1) is 10.3. The molecule has 0 aliphatic rings. The van der Waals surface area contributed by atoms with Gasteiger partial charge in [-0.05, 0) is 29.6 Å². The number of thiophene rings is 1. The molecule has 3 nitrogen and oxygen atoms in total. The van der Waals surface area contributed by atoms with E-state index in [2.05, 4.69) is 16.4 Å². The average Bonchev–Trinajstić information content (AvgIpc) is 3.03. The molecule has 0 aliphatic carbocycles. The van der Waals surface area contributed by atoms with E-state index in [0.29, 0.717) is 11.6 Å². The fourth-order valence-corrected chi connectivity index (χ4v) is 3.10. The smallest absolute Gasteiger partial charge is 0.123 e. The van der Waals surface area contributed by atoms with Crippen LogP contribution in [0.25, 0.3) is 10.9 Å². The first-order valence-corrected chi connectivity index (χ1v) is 7.74. The molecule has 0 aliphatic heterocycles. The zero-order valence-electron chi connectivity index (χ0n) is 11.1. The predicted molar refractivity (Wildman–Crippen MR) is 86.3 cm³/mol. The van der Waals surface area contributed by atoms with Gasteiger partial charge in [-0.25, -0.2) is 0 Å². The first kappa shape index (κ1) is 14.0. The number of fused-ring (bicyclic) bond motifs is 1. The van der Waals surface area contributed by atoms with Gasteiger partial charge in [0.2, 0.25) is 0 Å². The second-order valence-corrected chi connectivity index (χ2v) is 6.00. The van der Waals surface area contributed by atoms with Crippen LogP contribution < -0.4 is 5.32 Å². The van der Waals surface area contributed by atoms with Crippen LogP contribution in [0.5, 0.6) is 0 Å². The van der Waals surface area contributed by atoms with Crippen LogP contribution in [-0.2, 0) is 6.54 Å². The molecule has 1 unspecified atom stereocenters. The van der Waals surface area contributed by atoms with Gasteiger partial charge in [0.15, 0.2) is 0 Å². The summed E-state index contributed by atoms with van der Waals surface area (Å²) in [6.45, 7) is 0.660. The predicted octanol–water partition coefficient (Wildman–Crippen LogP) is 4.30. The summed E-state index contributed by atoms with van der Waals surface area (Å²) in [5.74, 6) is 0. The van der Waals surface area contributed by atoms with E-state index in [1.165, 1.54) is 4.88 Å². The van der Waals surface area contributed by atoms with E-state index in [9.17, 15) is 5.26 Å². The average molecular weight is 314 g/mol. The second kappa shape index (κ2) is 6.23. The number of benzene rings is 1. The number of pyridine rings is 1. The van der Waals surface area contributed by atoms with Crippen molar-refractivity contribution in [1.82, 2.24) is 10.3 Å². The lowest BCUT2D eigenvalue weighted by atomic mass is 10.0. The molecule has 0 spiro atoms. The first-order valence-electron chi connectivity index (χ1n) is 6.48. The molecule has 0 bridgehead atoms. The van der Waals surface area contributed by atoms with Crippen LogP contribution >= 0.6 is 22.9 Å². The summed E-state index contributed by atoms with van der Waals surface area (Å²) in [4.78, 5) is 5.58. The number of aromatic nitrogens is 1. The molecule has 0 saturated carbocycles. The van der Waals surface area contributed by atoms with Crippen molar-refractivity contribution in [2.45, 2.75) is 12.6 Å². The van der Waals surface area contributed by atoms with Gasteiger partial charge < -0.3 is 0 Å². The fourth-order valence-electron chi connectivity index (χ4n) is 2.23. The van der Waals surface area contributed by atoms with Gasteiger partial charge in [0.1, 0.15) is 6.04 Å². The van der Waals surface area contributed by atoms with Crippen molar-refractivity contribution in [2.24, 2.45) is 0 Å². The van der Waals surface area contributed by atoms with Crippen LogP contribution in [0.15, 0.2) is 48.0 Å². The van der Waals surface area contributed by atoms with Gasteiger partial charge in [-0.2, -0.15) is 5.26 Å². The Hall–Kier alpha value is -1.93. The van der Waals surface area contributed by atoms with Gasteiger partial charge in [0, 0.05) is 33.6 Å². The maximum Gasteiger partial charge on any atom is 0.123 e. The third kappa shape index (κ3) is 2.91. The molecule has 104 valence electrons. The molecule has 3 aromatic rings. The summed E-state index contributed by atoms with van der Waals surface area (Å²) in [6, 6.07) is 13.4. The molecule has 2 aromatic heterocycles. The summed E-state index contributed by atoms with van der Waals surface area (Å²) >= 11 is 7.86. The van der Waals surface area contributed by atoms with Gasteiger partial charge in [-0.15, -0.1) is 11.3 Å². The Bertz CT molecular complexity index is 793.